The number of nitrogens with zero attached hydrogens (tertiary/aromatic N) is 2. The molecule has 3 N–H and O–H groups in total. The Morgan fingerprint density at radius 2 is 1.76 bits per heavy atom. The van der Waals surface area contributed by atoms with Crippen molar-refractivity contribution in [2.24, 2.45) is 5.73 Å². The van der Waals surface area contributed by atoms with Gasteiger partial charge >= 0.3 is 0 Å². The minimum atomic E-state index is -1.04. The van der Waals surface area contributed by atoms with Crippen molar-refractivity contribution in [1.82, 2.24) is 9.55 Å². The van der Waals surface area contributed by atoms with Crippen molar-refractivity contribution in [3.63, 3.8) is 0 Å². The second-order valence-corrected chi connectivity index (χ2v) is 11.1. The van der Waals surface area contributed by atoms with E-state index in [0.717, 1.165) is 37.3 Å². The highest BCUT2D eigenvalue weighted by molar-refractivity contribution is 7.99. The molecule has 0 bridgehead atoms. The van der Waals surface area contributed by atoms with E-state index in [1.807, 2.05) is 85.4 Å². The highest BCUT2D eigenvalue weighted by atomic mass is 32.2. The van der Waals surface area contributed by atoms with Crippen LogP contribution in [-0.2, 0) is 16.2 Å². The monoisotopic (exact) mass is 514 g/mol. The minimum Gasteiger partial charge on any atom is -0.381 e. The Bertz CT molecular complexity index is 1400. The maximum Gasteiger partial charge on any atom is 0.263 e. The summed E-state index contributed by atoms with van der Waals surface area (Å²) in [5.74, 6) is 1.30. The van der Waals surface area contributed by atoms with Crippen LogP contribution in [0.5, 0.6) is 0 Å². The topological polar surface area (TPSA) is 82.2 Å². The van der Waals surface area contributed by atoms with E-state index in [1.54, 1.807) is 4.57 Å². The summed E-state index contributed by atoms with van der Waals surface area (Å²) in [4.78, 5) is 19.0. The number of nitrogens with two attached hydrogens (primary N) is 1. The first-order chi connectivity index (χ1) is 17.9. The van der Waals surface area contributed by atoms with Gasteiger partial charge in [-0.2, -0.15) is 11.8 Å². The number of hydrogen-bond donors (Lipinski definition) is 2. The van der Waals surface area contributed by atoms with E-state index in [1.165, 1.54) is 5.56 Å². The van der Waals surface area contributed by atoms with Crippen molar-refractivity contribution in [3.05, 3.63) is 106 Å². The fraction of sp³-hybridized carbons (Fsp3) is 0.333. The third-order valence-electron chi connectivity index (χ3n) is 7.06. The zero-order valence-corrected chi connectivity index (χ0v) is 22.2. The molecule has 6 nitrogen and oxygen atoms in total. The first-order valence-corrected chi connectivity index (χ1v) is 13.9. The molecule has 1 aliphatic heterocycles. The molecule has 4 aromatic rings. The Morgan fingerprint density at radius 1 is 1.08 bits per heavy atom. The Hall–Kier alpha value is -3.13. The highest BCUT2D eigenvalue weighted by Crippen LogP contribution is 2.29. The van der Waals surface area contributed by atoms with E-state index in [2.05, 4.69) is 24.4 Å². The summed E-state index contributed by atoms with van der Waals surface area (Å²) >= 11 is 1.83. The van der Waals surface area contributed by atoms with Gasteiger partial charge in [-0.05, 0) is 56.0 Å². The molecule has 2 atom stereocenters. The zero-order valence-electron chi connectivity index (χ0n) is 21.4. The number of benzene rings is 3. The van der Waals surface area contributed by atoms with E-state index >= 15 is 0 Å². The molecule has 0 aliphatic carbocycles. The molecule has 1 saturated heterocycles. The average molecular weight is 515 g/mol. The van der Waals surface area contributed by atoms with Gasteiger partial charge in [-0.1, -0.05) is 60.7 Å². The maximum absolute atomic E-state index is 14.0. The molecule has 2 heterocycles. The number of thioether (sulfide) groups is 1. The average Bonchev–Trinajstić information content (AvgIpc) is 2.93. The molecule has 3 aromatic carbocycles. The molecule has 1 fully saturated rings. The summed E-state index contributed by atoms with van der Waals surface area (Å²) in [7, 11) is 0. The second kappa shape index (κ2) is 11.1. The Kier molecular flexibility index (Phi) is 7.65. The van der Waals surface area contributed by atoms with Crippen LogP contribution in [0.2, 0.25) is 0 Å². The van der Waals surface area contributed by atoms with Crippen molar-refractivity contribution >= 4 is 28.4 Å². The molecule has 2 unspecified atom stereocenters. The van der Waals surface area contributed by atoms with Gasteiger partial charge in [0.2, 0.25) is 0 Å². The van der Waals surface area contributed by atoms with Crippen LogP contribution < -0.4 is 16.6 Å². The minimum absolute atomic E-state index is 0.119. The predicted molar refractivity (Wildman–Crippen MR) is 153 cm³/mol. The van der Waals surface area contributed by atoms with Crippen LogP contribution in [0.25, 0.3) is 10.9 Å². The van der Waals surface area contributed by atoms with E-state index in [4.69, 9.17) is 15.5 Å². The molecule has 0 saturated carbocycles. The van der Waals surface area contributed by atoms with Crippen molar-refractivity contribution in [1.29, 1.82) is 0 Å². The van der Waals surface area contributed by atoms with Crippen molar-refractivity contribution in [3.8, 4) is 0 Å². The SMILES string of the molecule is CC(Nc1ccc2c(=O)n(C(C)(N)c3ccccc3)c(CSC3CCOCC3)nc2c1)c1ccccc1. The maximum atomic E-state index is 14.0. The Labute approximate surface area is 222 Å². The van der Waals surface area contributed by atoms with Crippen LogP contribution in [0.4, 0.5) is 5.69 Å². The first kappa shape index (κ1) is 25.5. The Morgan fingerprint density at radius 3 is 2.46 bits per heavy atom. The number of rotatable bonds is 8. The van der Waals surface area contributed by atoms with E-state index in [0.29, 0.717) is 27.7 Å². The molecular weight excluding hydrogens is 480 g/mol. The first-order valence-electron chi connectivity index (χ1n) is 12.8. The highest BCUT2D eigenvalue weighted by Gasteiger charge is 2.29. The lowest BCUT2D eigenvalue weighted by atomic mass is 10.0. The van der Waals surface area contributed by atoms with Gasteiger partial charge in [0.25, 0.3) is 5.56 Å². The van der Waals surface area contributed by atoms with Crippen LogP contribution in [0.1, 0.15) is 49.7 Å². The molecule has 0 amide bonds. The smallest absolute Gasteiger partial charge is 0.263 e. The van der Waals surface area contributed by atoms with Crippen LogP contribution in [-0.4, -0.2) is 28.0 Å². The van der Waals surface area contributed by atoms with Crippen LogP contribution in [0, 0.1) is 0 Å². The molecule has 0 spiro atoms. The molecule has 1 aliphatic rings. The summed E-state index contributed by atoms with van der Waals surface area (Å²) in [6.45, 7) is 5.57. The van der Waals surface area contributed by atoms with Crippen molar-refractivity contribution < 1.29 is 4.74 Å². The summed E-state index contributed by atoms with van der Waals surface area (Å²) < 4.78 is 7.22. The van der Waals surface area contributed by atoms with Gasteiger partial charge in [-0.15, -0.1) is 0 Å². The van der Waals surface area contributed by atoms with Crippen molar-refractivity contribution in [2.75, 3.05) is 18.5 Å². The number of aromatic nitrogens is 2. The largest absolute Gasteiger partial charge is 0.381 e. The lowest BCUT2D eigenvalue weighted by Crippen LogP contribution is -2.49. The second-order valence-electron chi connectivity index (χ2n) is 9.81. The number of ether oxygens (including phenoxy) is 1. The van der Waals surface area contributed by atoms with Gasteiger partial charge in [-0.25, -0.2) is 4.98 Å². The molecule has 0 radical (unpaired) electrons. The van der Waals surface area contributed by atoms with Gasteiger partial charge in [-0.3, -0.25) is 9.36 Å². The van der Waals surface area contributed by atoms with Crippen LogP contribution >= 0.6 is 11.8 Å². The predicted octanol–water partition coefficient (Wildman–Crippen LogP) is 5.66. The van der Waals surface area contributed by atoms with E-state index in [9.17, 15) is 4.79 Å². The van der Waals surface area contributed by atoms with E-state index < -0.39 is 5.66 Å². The molecule has 1 aromatic heterocycles. The van der Waals surface area contributed by atoms with Gasteiger partial charge in [0, 0.05) is 30.2 Å². The van der Waals surface area contributed by atoms with Crippen LogP contribution in [0.3, 0.4) is 0 Å². The van der Waals surface area contributed by atoms with E-state index in [-0.39, 0.29) is 11.6 Å². The molecular formula is C30H34N4O2S. The number of anilines is 1. The molecule has 7 heteroatoms. The quantitative estimate of drug-likeness (QED) is 0.316. The van der Waals surface area contributed by atoms with Crippen LogP contribution in [0.15, 0.2) is 83.7 Å². The van der Waals surface area contributed by atoms with Crippen molar-refractivity contribution in [2.45, 2.75) is 49.4 Å². The van der Waals surface area contributed by atoms with Gasteiger partial charge in [0.15, 0.2) is 0 Å². The fourth-order valence-electron chi connectivity index (χ4n) is 4.91. The Balaban J connectivity index is 1.54. The lowest BCUT2D eigenvalue weighted by molar-refractivity contribution is 0.1000. The summed E-state index contributed by atoms with van der Waals surface area (Å²) in [6.07, 6.45) is 2.01. The summed E-state index contributed by atoms with van der Waals surface area (Å²) in [5, 5.41) is 4.59. The van der Waals surface area contributed by atoms with Gasteiger partial charge in [0.05, 0.1) is 16.7 Å². The molecule has 37 heavy (non-hydrogen) atoms. The summed E-state index contributed by atoms with van der Waals surface area (Å²) in [5.41, 5.74) is 9.41. The van der Waals surface area contributed by atoms with Gasteiger partial charge < -0.3 is 15.8 Å². The molecule has 192 valence electrons. The zero-order chi connectivity index (χ0) is 25.8. The standard InChI is InChI=1S/C30H34N4O2S/c1-21(22-9-5-3-6-10-22)32-24-13-14-26-27(19-24)33-28(20-37-25-15-17-36-18-16-25)34(29(26)35)30(2,31)23-11-7-4-8-12-23/h3-14,19,21,25,32H,15-18,20,31H2,1-2H3. The fourth-order valence-corrected chi connectivity index (χ4v) is 6.02. The molecule has 5 rings (SSSR count). The third kappa shape index (κ3) is 5.59. The normalized spacial score (nSPS) is 16.8. The number of hydrogen-bond acceptors (Lipinski definition) is 6. The summed E-state index contributed by atoms with van der Waals surface area (Å²) in [6, 6.07) is 26.0. The van der Waals surface area contributed by atoms with Gasteiger partial charge in [0.1, 0.15) is 11.5 Å². The third-order valence-corrected chi connectivity index (χ3v) is 8.43. The number of nitrogens with one attached hydrogen (secondary N) is 1. The number of fused-ring (bicyclic) bond motifs is 1. The lowest BCUT2D eigenvalue weighted by Gasteiger charge is -2.31.